The summed E-state index contributed by atoms with van der Waals surface area (Å²) in [5.74, 6) is 13.2. The minimum atomic E-state index is 0.766. The van der Waals surface area contributed by atoms with Crippen molar-refractivity contribution in [3.05, 3.63) is 24.3 Å². The van der Waals surface area contributed by atoms with Gasteiger partial charge in [0.15, 0.2) is 0 Å². The van der Waals surface area contributed by atoms with E-state index >= 15 is 0 Å². The van der Waals surface area contributed by atoms with Gasteiger partial charge in [-0.05, 0) is 48.0 Å². The lowest BCUT2D eigenvalue weighted by molar-refractivity contribution is 0.303. The first-order valence-corrected chi connectivity index (χ1v) is 15.6. The summed E-state index contributed by atoms with van der Waals surface area (Å²) in [7, 11) is 0. The van der Waals surface area contributed by atoms with Gasteiger partial charge in [-0.15, -0.1) is 0 Å². The van der Waals surface area contributed by atoms with E-state index in [1.807, 2.05) is 71.3 Å². The summed E-state index contributed by atoms with van der Waals surface area (Å²) >= 11 is 16.4. The van der Waals surface area contributed by atoms with Crippen LogP contribution < -0.4 is 9.47 Å². The highest BCUT2D eigenvalue weighted by Gasteiger charge is 1.99. The van der Waals surface area contributed by atoms with Gasteiger partial charge >= 0.3 is 0 Å². The molecule has 28 heavy (non-hydrogen) atoms. The Hall–Kier alpha value is 0.920. The zero-order chi connectivity index (χ0) is 20.1. The van der Waals surface area contributed by atoms with Gasteiger partial charge in [0.25, 0.3) is 0 Å². The molecule has 0 saturated heterocycles. The smallest absolute Gasteiger partial charge is 0.122 e. The molecule has 0 aliphatic heterocycles. The highest BCUT2D eigenvalue weighted by atomic mass is 32.2. The maximum atomic E-state index is 5.86. The number of thiol groups is 2. The molecule has 0 N–H and O–H groups in total. The normalized spacial score (nSPS) is 10.9. The van der Waals surface area contributed by atoms with Crippen molar-refractivity contribution in [3.8, 4) is 11.5 Å². The van der Waals surface area contributed by atoms with Crippen molar-refractivity contribution < 1.29 is 9.47 Å². The number of benzene rings is 1. The first-order chi connectivity index (χ1) is 13.9. The minimum absolute atomic E-state index is 0.766. The molecule has 1 rings (SSSR count). The second-order valence-corrected chi connectivity index (χ2v) is 11.6. The molecule has 0 atom stereocenters. The minimum Gasteiger partial charge on any atom is -0.493 e. The first kappa shape index (κ1) is 27.0. The molecule has 0 radical (unpaired) electrons. The summed E-state index contributed by atoms with van der Waals surface area (Å²) in [5.41, 5.74) is 0. The molecular formula is C20H34O2S6. The topological polar surface area (TPSA) is 18.5 Å². The maximum Gasteiger partial charge on any atom is 0.122 e. The Morgan fingerprint density at radius 2 is 1.04 bits per heavy atom. The lowest BCUT2D eigenvalue weighted by Gasteiger charge is -2.10. The second-order valence-electron chi connectivity index (χ2n) is 5.78. The number of hydrogen-bond acceptors (Lipinski definition) is 8. The van der Waals surface area contributed by atoms with E-state index in [9.17, 15) is 0 Å². The summed E-state index contributed by atoms with van der Waals surface area (Å²) in [5, 5.41) is 0. The number of thioether (sulfide) groups is 4. The van der Waals surface area contributed by atoms with Crippen molar-refractivity contribution in [2.24, 2.45) is 0 Å². The summed E-state index contributed by atoms with van der Waals surface area (Å²) in [6, 6.07) is 8.02. The van der Waals surface area contributed by atoms with Crippen LogP contribution in [-0.2, 0) is 0 Å². The molecule has 162 valence electrons. The van der Waals surface area contributed by atoms with Gasteiger partial charge in [0.1, 0.15) is 11.5 Å². The SMILES string of the molecule is SCCSCCSCCCOc1cccc(OCCCSCCSCCS)c1. The Morgan fingerprint density at radius 3 is 1.46 bits per heavy atom. The second kappa shape index (κ2) is 21.2. The molecule has 1 aromatic carbocycles. The highest BCUT2D eigenvalue weighted by molar-refractivity contribution is 8.03. The quantitative estimate of drug-likeness (QED) is 0.168. The van der Waals surface area contributed by atoms with E-state index < -0.39 is 0 Å². The molecule has 0 fully saturated rings. The number of hydrogen-bond donors (Lipinski definition) is 2. The Balaban J connectivity index is 2.00. The largest absolute Gasteiger partial charge is 0.493 e. The van der Waals surface area contributed by atoms with Crippen LogP contribution in [0.15, 0.2) is 24.3 Å². The highest BCUT2D eigenvalue weighted by Crippen LogP contribution is 2.20. The zero-order valence-corrected chi connectivity index (χ0v) is 21.6. The van der Waals surface area contributed by atoms with Crippen molar-refractivity contribution in [2.45, 2.75) is 12.8 Å². The summed E-state index contributed by atoms with van der Waals surface area (Å²) in [6.07, 6.45) is 2.16. The van der Waals surface area contributed by atoms with Gasteiger partial charge in [-0.3, -0.25) is 0 Å². The van der Waals surface area contributed by atoms with Gasteiger partial charge in [0, 0.05) is 40.6 Å². The first-order valence-electron chi connectivity index (χ1n) is 9.75. The molecule has 0 amide bonds. The third-order valence-corrected chi connectivity index (χ3v) is 9.10. The molecule has 0 heterocycles. The van der Waals surface area contributed by atoms with E-state index in [4.69, 9.17) is 9.47 Å². The Bertz CT molecular complexity index is 427. The van der Waals surface area contributed by atoms with Crippen LogP contribution in [0.2, 0.25) is 0 Å². The van der Waals surface area contributed by atoms with Gasteiger partial charge in [-0.1, -0.05) is 6.07 Å². The fourth-order valence-corrected chi connectivity index (χ4v) is 6.51. The van der Waals surface area contributed by atoms with Crippen molar-refractivity contribution in [1.29, 1.82) is 0 Å². The summed E-state index contributed by atoms with van der Waals surface area (Å²) in [6.45, 7) is 1.53. The summed E-state index contributed by atoms with van der Waals surface area (Å²) in [4.78, 5) is 0. The van der Waals surface area contributed by atoms with Crippen LogP contribution in [0.5, 0.6) is 11.5 Å². The van der Waals surface area contributed by atoms with E-state index in [2.05, 4.69) is 25.3 Å². The molecule has 0 aliphatic rings. The van der Waals surface area contributed by atoms with Crippen LogP contribution in [0.4, 0.5) is 0 Å². The lowest BCUT2D eigenvalue weighted by atomic mass is 10.3. The molecule has 0 saturated carbocycles. The van der Waals surface area contributed by atoms with E-state index in [1.165, 1.54) is 23.0 Å². The fourth-order valence-electron chi connectivity index (χ4n) is 2.13. The fraction of sp³-hybridized carbons (Fsp3) is 0.700. The molecule has 0 aliphatic carbocycles. The van der Waals surface area contributed by atoms with Crippen LogP contribution in [0.1, 0.15) is 12.8 Å². The summed E-state index contributed by atoms with van der Waals surface area (Å²) < 4.78 is 11.7. The van der Waals surface area contributed by atoms with Crippen LogP contribution in [0.3, 0.4) is 0 Å². The predicted molar refractivity (Wildman–Crippen MR) is 144 cm³/mol. The van der Waals surface area contributed by atoms with E-state index in [-0.39, 0.29) is 0 Å². The van der Waals surface area contributed by atoms with Crippen LogP contribution >= 0.6 is 72.3 Å². The predicted octanol–water partition coefficient (Wildman–Crippen LogP) is 6.02. The molecule has 0 bridgehead atoms. The third-order valence-electron chi connectivity index (χ3n) is 3.42. The lowest BCUT2D eigenvalue weighted by Crippen LogP contribution is -2.02. The van der Waals surface area contributed by atoms with Crippen molar-refractivity contribution >= 4 is 72.3 Å². The van der Waals surface area contributed by atoms with Gasteiger partial charge in [-0.25, -0.2) is 0 Å². The number of rotatable bonds is 20. The average Bonchev–Trinajstić information content (AvgIpc) is 2.72. The molecule has 2 nitrogen and oxygen atoms in total. The third kappa shape index (κ3) is 16.7. The standard InChI is InChI=1S/C20H34O2S6/c23-8-12-27-16-14-25-10-2-6-21-19-4-1-5-20(18-19)22-7-3-11-26-15-17-28-13-9-24/h1,4-5,18,23-24H,2-3,6-17H2. The van der Waals surface area contributed by atoms with Gasteiger partial charge < -0.3 is 9.47 Å². The van der Waals surface area contributed by atoms with Gasteiger partial charge in [0.05, 0.1) is 13.2 Å². The Labute approximate surface area is 200 Å². The van der Waals surface area contributed by atoms with Crippen molar-refractivity contribution in [2.75, 3.05) is 70.7 Å². The van der Waals surface area contributed by atoms with Gasteiger partial charge in [-0.2, -0.15) is 72.3 Å². The van der Waals surface area contributed by atoms with Crippen LogP contribution in [0, 0.1) is 0 Å². The van der Waals surface area contributed by atoms with Crippen molar-refractivity contribution in [1.82, 2.24) is 0 Å². The average molecular weight is 499 g/mol. The molecule has 0 aromatic heterocycles. The molecule has 8 heteroatoms. The maximum absolute atomic E-state index is 5.86. The van der Waals surface area contributed by atoms with E-state index in [0.29, 0.717) is 0 Å². The van der Waals surface area contributed by atoms with E-state index in [0.717, 1.165) is 72.1 Å². The van der Waals surface area contributed by atoms with E-state index in [1.54, 1.807) is 0 Å². The molecular weight excluding hydrogens is 465 g/mol. The Morgan fingerprint density at radius 1 is 0.607 bits per heavy atom. The van der Waals surface area contributed by atoms with Crippen LogP contribution in [0.25, 0.3) is 0 Å². The monoisotopic (exact) mass is 498 g/mol. The van der Waals surface area contributed by atoms with Crippen LogP contribution in [-0.4, -0.2) is 70.7 Å². The zero-order valence-electron chi connectivity index (χ0n) is 16.6. The molecule has 1 aromatic rings. The number of ether oxygens (including phenoxy) is 2. The molecule has 0 unspecified atom stereocenters. The van der Waals surface area contributed by atoms with Crippen molar-refractivity contribution in [3.63, 3.8) is 0 Å². The molecule has 0 spiro atoms. The Kier molecular flexibility index (Phi) is 20.4. The van der Waals surface area contributed by atoms with Gasteiger partial charge in [0.2, 0.25) is 0 Å².